The van der Waals surface area contributed by atoms with Crippen LogP contribution in [0, 0.1) is 0 Å². The van der Waals surface area contributed by atoms with Crippen molar-refractivity contribution >= 4 is 34.9 Å². The number of nitrogens with two attached hydrogens (primary N) is 4. The van der Waals surface area contributed by atoms with Crippen LogP contribution in [0.2, 0.25) is 0 Å². The topological polar surface area (TPSA) is 104 Å². The summed E-state index contributed by atoms with van der Waals surface area (Å²) in [6, 6.07) is 31.4. The Hall–Kier alpha value is -4.44. The van der Waals surface area contributed by atoms with Gasteiger partial charge in [0.1, 0.15) is 0 Å². The van der Waals surface area contributed by atoms with Gasteiger partial charge in [-0.05, 0) is 58.7 Å². The first-order valence-corrected chi connectivity index (χ1v) is 10.4. The minimum atomic E-state index is 0.617. The number of nitrogen functional groups attached to an aromatic ring is 2. The lowest BCUT2D eigenvalue weighted by molar-refractivity contribution is 1.47. The van der Waals surface area contributed by atoms with Crippen LogP contribution in [0.4, 0.5) is 11.4 Å². The minimum Gasteiger partial charge on any atom is -0.399 e. The average molecular weight is 419 g/mol. The highest BCUT2D eigenvalue weighted by atomic mass is 14.6. The maximum atomic E-state index is 6.55. The normalized spacial score (nSPS) is 12.0. The Labute approximate surface area is 188 Å². The Morgan fingerprint density at radius 2 is 0.875 bits per heavy atom. The maximum absolute atomic E-state index is 6.55. The lowest BCUT2D eigenvalue weighted by Crippen LogP contribution is -2.04. The van der Waals surface area contributed by atoms with Crippen LogP contribution in [0.25, 0.3) is 34.7 Å². The first kappa shape index (κ1) is 20.8. The van der Waals surface area contributed by atoms with Gasteiger partial charge in [-0.3, -0.25) is 0 Å². The highest BCUT2D eigenvalue weighted by molar-refractivity contribution is 5.94. The molecule has 4 rings (SSSR count). The molecule has 0 aromatic heterocycles. The minimum absolute atomic E-state index is 0.617. The third kappa shape index (κ3) is 4.65. The van der Waals surface area contributed by atoms with Crippen molar-refractivity contribution in [1.82, 2.24) is 0 Å². The second-order valence-corrected chi connectivity index (χ2v) is 7.63. The van der Waals surface area contributed by atoms with Crippen LogP contribution in [0.3, 0.4) is 0 Å². The molecule has 8 N–H and O–H groups in total. The molecule has 4 aromatic carbocycles. The van der Waals surface area contributed by atoms with E-state index in [-0.39, 0.29) is 0 Å². The van der Waals surface area contributed by atoms with Crippen LogP contribution in [0.1, 0.15) is 22.3 Å². The van der Waals surface area contributed by atoms with E-state index in [1.807, 2.05) is 109 Å². The molecule has 4 heteroatoms. The number of anilines is 2. The first-order chi connectivity index (χ1) is 15.5. The molecule has 0 atom stereocenters. The quantitative estimate of drug-likeness (QED) is 0.256. The smallest absolute Gasteiger partial charge is 0.0400 e. The lowest BCUT2D eigenvalue weighted by Gasteiger charge is -2.16. The fourth-order valence-electron chi connectivity index (χ4n) is 3.68. The molecule has 0 heterocycles. The second-order valence-electron chi connectivity index (χ2n) is 7.63. The Bertz CT molecular complexity index is 1190. The molecule has 0 bridgehead atoms. The van der Waals surface area contributed by atoms with Gasteiger partial charge in [0.05, 0.1) is 0 Å². The largest absolute Gasteiger partial charge is 0.399 e. The summed E-state index contributed by atoms with van der Waals surface area (Å²) in [7, 11) is 0. The van der Waals surface area contributed by atoms with Crippen LogP contribution < -0.4 is 22.9 Å². The van der Waals surface area contributed by atoms with E-state index in [0.717, 1.165) is 33.4 Å². The van der Waals surface area contributed by atoms with Crippen molar-refractivity contribution in [3.63, 3.8) is 0 Å². The van der Waals surface area contributed by atoms with Gasteiger partial charge in [-0.15, -0.1) is 0 Å². The molecule has 0 radical (unpaired) electrons. The van der Waals surface area contributed by atoms with Crippen molar-refractivity contribution in [2.45, 2.75) is 0 Å². The molecule has 0 saturated carbocycles. The Morgan fingerprint density at radius 1 is 0.500 bits per heavy atom. The van der Waals surface area contributed by atoms with Crippen LogP contribution in [-0.4, -0.2) is 0 Å². The monoisotopic (exact) mass is 418 g/mol. The average Bonchev–Trinajstić information content (AvgIpc) is 2.80. The molecule has 0 saturated heterocycles. The van der Waals surface area contributed by atoms with Gasteiger partial charge in [0.25, 0.3) is 0 Å². The molecule has 158 valence electrons. The van der Waals surface area contributed by atoms with Crippen molar-refractivity contribution in [2.75, 3.05) is 11.5 Å². The molecule has 0 aliphatic rings. The summed E-state index contributed by atoms with van der Waals surface area (Å²) in [6.45, 7) is 0. The molecule has 0 spiro atoms. The molecule has 4 aromatic rings. The summed E-state index contributed by atoms with van der Waals surface area (Å²) in [5.41, 5.74) is 33.4. The summed E-state index contributed by atoms with van der Waals surface area (Å²) in [4.78, 5) is 0. The Morgan fingerprint density at radius 3 is 1.25 bits per heavy atom. The number of hydrogen-bond acceptors (Lipinski definition) is 4. The third-order valence-electron chi connectivity index (χ3n) is 5.24. The summed E-state index contributed by atoms with van der Waals surface area (Å²) >= 11 is 0. The number of benzene rings is 4. The highest BCUT2D eigenvalue weighted by Crippen LogP contribution is 2.35. The van der Waals surface area contributed by atoms with Crippen molar-refractivity contribution < 1.29 is 0 Å². The van der Waals surface area contributed by atoms with Crippen LogP contribution in [-0.2, 0) is 0 Å². The number of hydrogen-bond donors (Lipinski definition) is 4. The van der Waals surface area contributed by atoms with Gasteiger partial charge in [0.15, 0.2) is 0 Å². The molecule has 4 nitrogen and oxygen atoms in total. The molecular weight excluding hydrogens is 392 g/mol. The van der Waals surface area contributed by atoms with Gasteiger partial charge < -0.3 is 22.9 Å². The molecular formula is C28H26N4. The predicted octanol–water partition coefficient (Wildman–Crippen LogP) is 5.43. The van der Waals surface area contributed by atoms with E-state index in [1.54, 1.807) is 0 Å². The van der Waals surface area contributed by atoms with Gasteiger partial charge in [-0.2, -0.15) is 0 Å². The van der Waals surface area contributed by atoms with Crippen molar-refractivity contribution in [3.05, 3.63) is 119 Å². The van der Waals surface area contributed by atoms with Gasteiger partial charge in [0, 0.05) is 33.9 Å². The van der Waals surface area contributed by atoms with E-state index in [4.69, 9.17) is 22.9 Å². The van der Waals surface area contributed by atoms with E-state index in [9.17, 15) is 0 Å². The highest BCUT2D eigenvalue weighted by Gasteiger charge is 2.14. The second kappa shape index (κ2) is 9.14. The standard InChI is InChI=1S/C28H26N4/c29-21-11-13-23(25(17-21)27(31)15-19-7-3-1-4-8-19)24-14-12-22(30)18-26(24)28(32)16-20-9-5-2-6-10-20/h1-18H,29-32H2/b27-15-,28-16-. The van der Waals surface area contributed by atoms with Gasteiger partial charge >= 0.3 is 0 Å². The van der Waals surface area contributed by atoms with E-state index < -0.39 is 0 Å². The van der Waals surface area contributed by atoms with E-state index in [0.29, 0.717) is 22.8 Å². The SMILES string of the molecule is N/C(=C\c1ccccc1)c1cc(N)ccc1-c1ccc(N)cc1/C(N)=C/c1ccccc1. The molecule has 32 heavy (non-hydrogen) atoms. The molecule has 0 aliphatic carbocycles. The van der Waals surface area contributed by atoms with Crippen LogP contribution >= 0.6 is 0 Å². The zero-order valence-electron chi connectivity index (χ0n) is 17.7. The Kier molecular flexibility index (Phi) is 5.95. The summed E-state index contributed by atoms with van der Waals surface area (Å²) < 4.78 is 0. The van der Waals surface area contributed by atoms with E-state index in [2.05, 4.69) is 0 Å². The van der Waals surface area contributed by atoms with Crippen LogP contribution in [0.15, 0.2) is 97.1 Å². The first-order valence-electron chi connectivity index (χ1n) is 10.4. The van der Waals surface area contributed by atoms with Crippen molar-refractivity contribution in [3.8, 4) is 11.1 Å². The van der Waals surface area contributed by atoms with E-state index in [1.165, 1.54) is 0 Å². The molecule has 0 amide bonds. The maximum Gasteiger partial charge on any atom is 0.0400 e. The predicted molar refractivity (Wildman–Crippen MR) is 138 cm³/mol. The van der Waals surface area contributed by atoms with Gasteiger partial charge in [0.2, 0.25) is 0 Å². The van der Waals surface area contributed by atoms with Crippen molar-refractivity contribution in [2.24, 2.45) is 11.5 Å². The lowest BCUT2D eigenvalue weighted by atomic mass is 9.91. The van der Waals surface area contributed by atoms with Crippen molar-refractivity contribution in [1.29, 1.82) is 0 Å². The summed E-state index contributed by atoms with van der Waals surface area (Å²) in [6.07, 6.45) is 3.89. The Balaban J connectivity index is 1.86. The zero-order chi connectivity index (χ0) is 22.5. The van der Waals surface area contributed by atoms with E-state index >= 15 is 0 Å². The molecule has 0 fully saturated rings. The fourth-order valence-corrected chi connectivity index (χ4v) is 3.68. The number of rotatable bonds is 5. The molecule has 0 aliphatic heterocycles. The summed E-state index contributed by atoms with van der Waals surface area (Å²) in [5, 5.41) is 0. The van der Waals surface area contributed by atoms with Gasteiger partial charge in [-0.25, -0.2) is 0 Å². The fraction of sp³-hybridized carbons (Fsp3) is 0. The van der Waals surface area contributed by atoms with Gasteiger partial charge in [-0.1, -0.05) is 72.8 Å². The van der Waals surface area contributed by atoms with Crippen LogP contribution in [0.5, 0.6) is 0 Å². The third-order valence-corrected chi connectivity index (χ3v) is 5.24. The zero-order valence-corrected chi connectivity index (χ0v) is 17.7. The molecule has 0 unspecified atom stereocenters. The summed E-state index contributed by atoms with van der Waals surface area (Å²) in [5.74, 6) is 0.